The highest BCUT2D eigenvalue weighted by atomic mass is 19.4. The molecule has 0 fully saturated rings. The predicted molar refractivity (Wildman–Crippen MR) is 72.5 cm³/mol. The molecule has 0 spiro atoms. The topological polar surface area (TPSA) is 81.4 Å². The maximum atomic E-state index is 13.1. The van der Waals surface area contributed by atoms with Gasteiger partial charge in [0.1, 0.15) is 6.73 Å². The molecule has 23 heavy (non-hydrogen) atoms. The number of alkyl halides is 3. The first-order valence-electron chi connectivity index (χ1n) is 6.27. The number of aromatic nitrogens is 2. The highest BCUT2D eigenvalue weighted by molar-refractivity contribution is 5.92. The van der Waals surface area contributed by atoms with Crippen LogP contribution in [0.1, 0.15) is 15.9 Å². The van der Waals surface area contributed by atoms with E-state index in [-0.39, 0.29) is 11.3 Å². The molecule has 0 aliphatic heterocycles. The summed E-state index contributed by atoms with van der Waals surface area (Å²) in [5.74, 6) is -1.11. The van der Waals surface area contributed by atoms with E-state index in [0.29, 0.717) is 4.68 Å². The predicted octanol–water partition coefficient (Wildman–Crippen LogP) is 1.67. The lowest BCUT2D eigenvalue weighted by Crippen LogP contribution is -2.22. The largest absolute Gasteiger partial charge is 0.465 e. The molecule has 6 nitrogen and oxygen atoms in total. The van der Waals surface area contributed by atoms with Gasteiger partial charge in [-0.05, 0) is 18.2 Å². The van der Waals surface area contributed by atoms with Crippen molar-refractivity contribution in [1.82, 2.24) is 9.78 Å². The molecule has 1 aromatic carbocycles. The molecule has 0 amide bonds. The smallest absolute Gasteiger partial charge is 0.417 e. The first-order valence-corrected chi connectivity index (χ1v) is 6.27. The molecule has 1 aromatic heterocycles. The number of ether oxygens (including phenoxy) is 1. The molecule has 0 aliphatic carbocycles. The van der Waals surface area contributed by atoms with Crippen molar-refractivity contribution in [3.63, 3.8) is 0 Å². The zero-order valence-electron chi connectivity index (χ0n) is 11.8. The van der Waals surface area contributed by atoms with Crippen LogP contribution < -0.4 is 5.56 Å². The number of methoxy groups -OCH3 is 1. The summed E-state index contributed by atoms with van der Waals surface area (Å²) in [6.45, 7) is -0.709. The molecule has 2 aromatic rings. The minimum atomic E-state index is -4.77. The molecule has 0 aliphatic rings. The maximum Gasteiger partial charge on any atom is 0.417 e. The van der Waals surface area contributed by atoms with Gasteiger partial charge < -0.3 is 9.84 Å². The lowest BCUT2D eigenvalue weighted by atomic mass is 10.0. The third-order valence-corrected chi connectivity index (χ3v) is 3.03. The third-order valence-electron chi connectivity index (χ3n) is 3.03. The van der Waals surface area contributed by atoms with E-state index < -0.39 is 35.6 Å². The summed E-state index contributed by atoms with van der Waals surface area (Å²) in [4.78, 5) is 22.8. The number of rotatable bonds is 3. The second kappa shape index (κ2) is 6.21. The van der Waals surface area contributed by atoms with Crippen molar-refractivity contribution in [2.45, 2.75) is 12.9 Å². The second-order valence-electron chi connectivity index (χ2n) is 4.45. The van der Waals surface area contributed by atoms with E-state index in [1.54, 1.807) is 0 Å². The Morgan fingerprint density at radius 1 is 1.30 bits per heavy atom. The molecular formula is C14H11F3N2O4. The normalized spacial score (nSPS) is 11.3. The summed E-state index contributed by atoms with van der Waals surface area (Å²) in [5, 5.41) is 12.7. The van der Waals surface area contributed by atoms with Gasteiger partial charge in [0.25, 0.3) is 5.56 Å². The molecule has 122 valence electrons. The average molecular weight is 328 g/mol. The minimum Gasteiger partial charge on any atom is -0.465 e. The van der Waals surface area contributed by atoms with E-state index in [4.69, 9.17) is 5.11 Å². The molecule has 0 bridgehead atoms. The van der Waals surface area contributed by atoms with Gasteiger partial charge in [-0.1, -0.05) is 6.07 Å². The number of esters is 1. The van der Waals surface area contributed by atoms with Crippen LogP contribution in [0, 0.1) is 0 Å². The number of benzene rings is 1. The molecule has 2 rings (SSSR count). The summed E-state index contributed by atoms with van der Waals surface area (Å²) >= 11 is 0. The minimum absolute atomic E-state index is 0.0344. The Labute approximate surface area is 127 Å². The summed E-state index contributed by atoms with van der Waals surface area (Å²) in [6, 6.07) is 5.25. The molecule has 0 saturated heterocycles. The van der Waals surface area contributed by atoms with Crippen LogP contribution in [0.3, 0.4) is 0 Å². The highest BCUT2D eigenvalue weighted by Crippen LogP contribution is 2.34. The zero-order valence-corrected chi connectivity index (χ0v) is 11.8. The molecule has 1 N–H and O–H groups in total. The molecule has 0 atom stereocenters. The van der Waals surface area contributed by atoms with Crippen molar-refractivity contribution in [1.29, 1.82) is 0 Å². The SMILES string of the molecule is COC(=O)c1ccc(-c2ccc(=O)n(CO)n2)cc1C(F)(F)F. The number of nitrogens with zero attached hydrogens (tertiary/aromatic N) is 2. The maximum absolute atomic E-state index is 13.1. The number of hydrogen-bond donors (Lipinski definition) is 1. The summed E-state index contributed by atoms with van der Waals surface area (Å²) < 4.78 is 44.4. The fourth-order valence-electron chi connectivity index (χ4n) is 1.93. The lowest BCUT2D eigenvalue weighted by Gasteiger charge is -2.13. The Morgan fingerprint density at radius 2 is 2.00 bits per heavy atom. The Bertz CT molecular complexity index is 799. The van der Waals surface area contributed by atoms with Crippen molar-refractivity contribution in [3.8, 4) is 11.3 Å². The van der Waals surface area contributed by atoms with Crippen LogP contribution in [0.15, 0.2) is 35.1 Å². The van der Waals surface area contributed by atoms with Crippen LogP contribution >= 0.6 is 0 Å². The fourth-order valence-corrected chi connectivity index (χ4v) is 1.93. The van der Waals surface area contributed by atoms with Crippen LogP contribution in [-0.4, -0.2) is 28.0 Å². The van der Waals surface area contributed by atoms with Crippen LogP contribution in [-0.2, 0) is 17.6 Å². The fraction of sp³-hybridized carbons (Fsp3) is 0.214. The van der Waals surface area contributed by atoms with Crippen LogP contribution in [0.2, 0.25) is 0 Å². The van der Waals surface area contributed by atoms with Crippen LogP contribution in [0.25, 0.3) is 11.3 Å². The van der Waals surface area contributed by atoms with Gasteiger partial charge in [-0.2, -0.15) is 18.3 Å². The van der Waals surface area contributed by atoms with Crippen molar-refractivity contribution >= 4 is 5.97 Å². The summed E-state index contributed by atoms with van der Waals surface area (Å²) in [7, 11) is 0.981. The van der Waals surface area contributed by atoms with Gasteiger partial charge in [-0.25, -0.2) is 9.48 Å². The number of halogens is 3. The Kier molecular flexibility index (Phi) is 4.50. The summed E-state index contributed by atoms with van der Waals surface area (Å²) in [6.07, 6.45) is -4.77. The third kappa shape index (κ3) is 3.39. The van der Waals surface area contributed by atoms with E-state index >= 15 is 0 Å². The summed E-state index contributed by atoms with van der Waals surface area (Å²) in [5.41, 5.74) is -2.32. The van der Waals surface area contributed by atoms with E-state index in [1.165, 1.54) is 12.1 Å². The molecule has 0 unspecified atom stereocenters. The quantitative estimate of drug-likeness (QED) is 0.867. The monoisotopic (exact) mass is 328 g/mol. The van der Waals surface area contributed by atoms with Gasteiger partial charge in [0.15, 0.2) is 0 Å². The van der Waals surface area contributed by atoms with Gasteiger partial charge in [0, 0.05) is 11.6 Å². The molecule has 0 radical (unpaired) electrons. The Balaban J connectivity index is 2.62. The van der Waals surface area contributed by atoms with Crippen molar-refractivity contribution < 1.29 is 27.8 Å². The van der Waals surface area contributed by atoms with Crippen molar-refractivity contribution in [3.05, 3.63) is 51.8 Å². The van der Waals surface area contributed by atoms with Gasteiger partial charge in [0.2, 0.25) is 0 Å². The molecule has 9 heteroatoms. The number of aliphatic hydroxyl groups is 1. The number of hydrogen-bond acceptors (Lipinski definition) is 5. The lowest BCUT2D eigenvalue weighted by molar-refractivity contribution is -0.138. The van der Waals surface area contributed by atoms with E-state index in [1.807, 2.05) is 0 Å². The van der Waals surface area contributed by atoms with E-state index in [2.05, 4.69) is 9.84 Å². The van der Waals surface area contributed by atoms with Crippen molar-refractivity contribution in [2.24, 2.45) is 0 Å². The highest BCUT2D eigenvalue weighted by Gasteiger charge is 2.36. The Hall–Kier alpha value is -2.68. The number of carbonyl (C=O) groups excluding carboxylic acids is 1. The van der Waals surface area contributed by atoms with Crippen LogP contribution in [0.5, 0.6) is 0 Å². The molecular weight excluding hydrogens is 317 g/mol. The van der Waals surface area contributed by atoms with Gasteiger partial charge >= 0.3 is 12.1 Å². The molecule has 0 saturated carbocycles. The first-order chi connectivity index (χ1) is 10.8. The average Bonchev–Trinajstić information content (AvgIpc) is 2.53. The zero-order chi connectivity index (χ0) is 17.2. The standard InChI is InChI=1S/C14H11F3N2O4/c1-23-13(22)9-3-2-8(6-10(9)14(15,16)17)11-4-5-12(21)19(7-20)18-11/h2-6,20H,7H2,1H3. The number of aliphatic hydroxyl groups excluding tert-OH is 1. The first kappa shape index (κ1) is 16.7. The molecule has 1 heterocycles. The van der Waals surface area contributed by atoms with E-state index in [9.17, 15) is 22.8 Å². The number of carbonyl (C=O) groups is 1. The van der Waals surface area contributed by atoms with Crippen LogP contribution in [0.4, 0.5) is 13.2 Å². The van der Waals surface area contributed by atoms with Gasteiger partial charge in [-0.3, -0.25) is 4.79 Å². The van der Waals surface area contributed by atoms with Gasteiger partial charge in [-0.15, -0.1) is 0 Å². The van der Waals surface area contributed by atoms with Gasteiger partial charge in [0.05, 0.1) is 23.9 Å². The second-order valence-corrected chi connectivity index (χ2v) is 4.45. The van der Waals surface area contributed by atoms with Crippen molar-refractivity contribution in [2.75, 3.05) is 7.11 Å². The van der Waals surface area contributed by atoms with E-state index in [0.717, 1.165) is 25.3 Å². The Morgan fingerprint density at radius 3 is 2.57 bits per heavy atom.